The molecule has 0 heterocycles. The van der Waals surface area contributed by atoms with E-state index in [2.05, 4.69) is 31.8 Å². The number of nitrogens with zero attached hydrogens (tertiary/aromatic N) is 2. The number of nitro benzene ring substituents is 1. The highest BCUT2D eigenvalue weighted by molar-refractivity contribution is 9.10. The van der Waals surface area contributed by atoms with Gasteiger partial charge in [-0.05, 0) is 46.3 Å². The highest BCUT2D eigenvalue weighted by Crippen LogP contribution is 2.31. The smallest absolute Gasteiger partial charge is 0.271 e. The van der Waals surface area contributed by atoms with Crippen LogP contribution in [0.15, 0.2) is 70.2 Å². The van der Waals surface area contributed by atoms with E-state index < -0.39 is 16.7 Å². The van der Waals surface area contributed by atoms with Gasteiger partial charge in [-0.25, -0.2) is 5.43 Å². The van der Waals surface area contributed by atoms with Crippen molar-refractivity contribution in [3.8, 4) is 11.5 Å². The summed E-state index contributed by atoms with van der Waals surface area (Å²) in [5.41, 5.74) is 3.54. The van der Waals surface area contributed by atoms with Gasteiger partial charge in [-0.3, -0.25) is 19.7 Å². The zero-order valence-corrected chi connectivity index (χ0v) is 19.7. The van der Waals surface area contributed by atoms with Crippen molar-refractivity contribution in [1.82, 2.24) is 5.43 Å². The number of amides is 2. The van der Waals surface area contributed by atoms with Gasteiger partial charge in [0.25, 0.3) is 17.5 Å². The third-order valence-corrected chi connectivity index (χ3v) is 5.20. The third-order valence-electron chi connectivity index (χ3n) is 4.58. The van der Waals surface area contributed by atoms with Gasteiger partial charge in [0.15, 0.2) is 0 Å². The van der Waals surface area contributed by atoms with E-state index in [1.54, 1.807) is 30.3 Å². The fourth-order valence-corrected chi connectivity index (χ4v) is 3.43. The molecule has 3 aromatic rings. The summed E-state index contributed by atoms with van der Waals surface area (Å²) in [6, 6.07) is 15.0. The number of methoxy groups -OCH3 is 2. The molecule has 2 amide bonds. The fourth-order valence-electron chi connectivity index (χ4n) is 2.91. The highest BCUT2D eigenvalue weighted by Gasteiger charge is 2.13. The molecule has 0 aliphatic heterocycles. The van der Waals surface area contributed by atoms with Crippen LogP contribution in [0.25, 0.3) is 0 Å². The Kier molecular flexibility index (Phi) is 7.93. The quantitative estimate of drug-likeness (QED) is 0.254. The number of carbonyl (C=O) groups is 2. The van der Waals surface area contributed by atoms with Crippen LogP contribution in [0, 0.1) is 10.1 Å². The molecular formula is C23H19BrN4O6. The molecule has 0 radical (unpaired) electrons. The van der Waals surface area contributed by atoms with Gasteiger partial charge in [-0.1, -0.05) is 12.1 Å². The minimum absolute atomic E-state index is 0.119. The average Bonchev–Trinajstić information content (AvgIpc) is 2.84. The fraction of sp³-hybridized carbons (Fsp3) is 0.0870. The summed E-state index contributed by atoms with van der Waals surface area (Å²) in [5, 5.41) is 17.5. The number of carbonyl (C=O) groups excluding carboxylic acids is 2. The van der Waals surface area contributed by atoms with Crippen molar-refractivity contribution in [2.75, 3.05) is 19.5 Å². The molecule has 0 aliphatic carbocycles. The zero-order valence-electron chi connectivity index (χ0n) is 18.1. The number of rotatable bonds is 8. The maximum Gasteiger partial charge on any atom is 0.271 e. The summed E-state index contributed by atoms with van der Waals surface area (Å²) in [7, 11) is 3.04. The Hall–Kier alpha value is -4.25. The van der Waals surface area contributed by atoms with Crippen molar-refractivity contribution in [2.24, 2.45) is 5.10 Å². The maximum absolute atomic E-state index is 12.5. The molecule has 0 unspecified atom stereocenters. The van der Waals surface area contributed by atoms with E-state index in [-0.39, 0.29) is 16.8 Å². The SMILES string of the molecule is COc1cc(OC)c(C=NNC(=O)c2cccc(NC(=O)c3cccc([N+](=O)[O-])c3)c2)cc1Br. The molecule has 0 bridgehead atoms. The lowest BCUT2D eigenvalue weighted by molar-refractivity contribution is -0.384. The minimum atomic E-state index is -0.581. The Morgan fingerprint density at radius 2 is 1.65 bits per heavy atom. The molecule has 0 spiro atoms. The first-order valence-corrected chi connectivity index (χ1v) is 10.5. The van der Waals surface area contributed by atoms with E-state index in [0.29, 0.717) is 27.2 Å². The van der Waals surface area contributed by atoms with Crippen molar-refractivity contribution in [3.05, 3.63) is 91.9 Å². The Balaban J connectivity index is 1.69. The third kappa shape index (κ3) is 5.95. The summed E-state index contributed by atoms with van der Waals surface area (Å²) < 4.78 is 11.2. The molecule has 0 fully saturated rings. The summed E-state index contributed by atoms with van der Waals surface area (Å²) in [6.45, 7) is 0. The molecule has 0 saturated carbocycles. The number of nitrogens with one attached hydrogen (secondary N) is 2. The number of hydrogen-bond donors (Lipinski definition) is 2. The average molecular weight is 527 g/mol. The maximum atomic E-state index is 12.5. The van der Waals surface area contributed by atoms with Crippen LogP contribution in [0.1, 0.15) is 26.3 Å². The molecule has 0 aromatic heterocycles. The molecule has 0 aliphatic rings. The molecule has 10 nitrogen and oxygen atoms in total. The van der Waals surface area contributed by atoms with E-state index >= 15 is 0 Å². The minimum Gasteiger partial charge on any atom is -0.496 e. The normalized spacial score (nSPS) is 10.6. The van der Waals surface area contributed by atoms with Gasteiger partial charge in [-0.2, -0.15) is 5.10 Å². The topological polar surface area (TPSA) is 132 Å². The van der Waals surface area contributed by atoms with Gasteiger partial charge >= 0.3 is 0 Å². The Bertz CT molecular complexity index is 1280. The van der Waals surface area contributed by atoms with Crippen LogP contribution in [0.5, 0.6) is 11.5 Å². The molecule has 11 heteroatoms. The van der Waals surface area contributed by atoms with E-state index in [4.69, 9.17) is 9.47 Å². The standard InChI is InChI=1S/C23H19BrN4O6/c1-33-20-12-21(34-2)19(24)11-16(20)13-25-27-23(30)14-5-3-7-17(9-14)26-22(29)15-6-4-8-18(10-15)28(31)32/h3-13H,1-2H3,(H,26,29)(H,27,30). The lowest BCUT2D eigenvalue weighted by Gasteiger charge is -2.09. The lowest BCUT2D eigenvalue weighted by Crippen LogP contribution is -2.18. The van der Waals surface area contributed by atoms with Crippen LogP contribution in [0.4, 0.5) is 11.4 Å². The lowest BCUT2D eigenvalue weighted by atomic mass is 10.1. The van der Waals surface area contributed by atoms with Crippen LogP contribution in [0.3, 0.4) is 0 Å². The number of ether oxygens (including phenoxy) is 2. The zero-order chi connectivity index (χ0) is 24.7. The number of non-ortho nitro benzene ring substituents is 1. The van der Waals surface area contributed by atoms with Gasteiger partial charge in [0.05, 0.1) is 29.8 Å². The number of anilines is 1. The van der Waals surface area contributed by atoms with Crippen molar-refractivity contribution in [3.63, 3.8) is 0 Å². The van der Waals surface area contributed by atoms with Crippen LogP contribution < -0.4 is 20.2 Å². The van der Waals surface area contributed by atoms with Crippen LogP contribution in [-0.2, 0) is 0 Å². The summed E-state index contributed by atoms with van der Waals surface area (Å²) in [5.74, 6) is 0.0385. The van der Waals surface area contributed by atoms with E-state index in [1.165, 1.54) is 50.8 Å². The van der Waals surface area contributed by atoms with E-state index in [9.17, 15) is 19.7 Å². The first-order valence-electron chi connectivity index (χ1n) is 9.73. The molecule has 0 atom stereocenters. The summed E-state index contributed by atoms with van der Waals surface area (Å²) in [4.78, 5) is 35.3. The molecule has 174 valence electrons. The first kappa shape index (κ1) is 24.4. The Labute approximate surface area is 202 Å². The van der Waals surface area contributed by atoms with E-state index in [1.807, 2.05) is 0 Å². The van der Waals surface area contributed by atoms with Gasteiger partial charge in [0.1, 0.15) is 11.5 Å². The van der Waals surface area contributed by atoms with Gasteiger partial charge < -0.3 is 14.8 Å². The van der Waals surface area contributed by atoms with Crippen molar-refractivity contribution in [1.29, 1.82) is 0 Å². The predicted octanol–water partition coefficient (Wildman–Crippen LogP) is 4.39. The first-order chi connectivity index (χ1) is 16.3. The highest BCUT2D eigenvalue weighted by atomic mass is 79.9. The second kappa shape index (κ2) is 11.1. The van der Waals surface area contributed by atoms with Crippen LogP contribution in [-0.4, -0.2) is 37.2 Å². The molecule has 3 rings (SSSR count). The summed E-state index contributed by atoms with van der Waals surface area (Å²) in [6.07, 6.45) is 1.43. The molecular weight excluding hydrogens is 508 g/mol. The predicted molar refractivity (Wildman–Crippen MR) is 130 cm³/mol. The van der Waals surface area contributed by atoms with Gasteiger partial charge in [0.2, 0.25) is 0 Å². The molecule has 34 heavy (non-hydrogen) atoms. The number of hydrazone groups is 1. The Morgan fingerprint density at radius 1 is 0.971 bits per heavy atom. The molecule has 3 aromatic carbocycles. The van der Waals surface area contributed by atoms with Crippen molar-refractivity contribution in [2.45, 2.75) is 0 Å². The number of hydrogen-bond acceptors (Lipinski definition) is 7. The monoisotopic (exact) mass is 526 g/mol. The second-order valence-electron chi connectivity index (χ2n) is 6.77. The molecule has 0 saturated heterocycles. The largest absolute Gasteiger partial charge is 0.496 e. The van der Waals surface area contributed by atoms with Crippen LogP contribution in [0.2, 0.25) is 0 Å². The Morgan fingerprint density at radius 3 is 2.32 bits per heavy atom. The number of benzene rings is 3. The van der Waals surface area contributed by atoms with E-state index in [0.717, 1.165) is 0 Å². The second-order valence-corrected chi connectivity index (χ2v) is 7.62. The summed E-state index contributed by atoms with van der Waals surface area (Å²) >= 11 is 3.39. The van der Waals surface area contributed by atoms with Crippen molar-refractivity contribution >= 4 is 45.3 Å². The van der Waals surface area contributed by atoms with Gasteiger partial charge in [-0.15, -0.1) is 0 Å². The van der Waals surface area contributed by atoms with Crippen molar-refractivity contribution < 1.29 is 24.0 Å². The number of halogens is 1. The van der Waals surface area contributed by atoms with Gasteiger partial charge in [0, 0.05) is 40.6 Å². The van der Waals surface area contributed by atoms with Crippen LogP contribution >= 0.6 is 15.9 Å². The number of nitro groups is 1. The molecule has 2 N–H and O–H groups in total.